The Balaban J connectivity index is 1.90. The van der Waals surface area contributed by atoms with Gasteiger partial charge in [-0.05, 0) is 37.5 Å². The van der Waals surface area contributed by atoms with Crippen LogP contribution in [0.3, 0.4) is 0 Å². The fourth-order valence-electron chi connectivity index (χ4n) is 2.21. The van der Waals surface area contributed by atoms with Crippen LogP contribution in [0.1, 0.15) is 31.4 Å². The highest BCUT2D eigenvalue weighted by Gasteiger charge is 2.30. The van der Waals surface area contributed by atoms with Gasteiger partial charge < -0.3 is 15.8 Å². The summed E-state index contributed by atoms with van der Waals surface area (Å²) in [5, 5.41) is 2.98. The van der Waals surface area contributed by atoms with E-state index < -0.39 is 0 Å². The van der Waals surface area contributed by atoms with E-state index in [1.54, 1.807) is 0 Å². The first-order valence-electron chi connectivity index (χ1n) is 6.51. The van der Waals surface area contributed by atoms with Gasteiger partial charge in [0.05, 0.1) is 12.1 Å². The normalized spacial score (nSPS) is 24.2. The summed E-state index contributed by atoms with van der Waals surface area (Å²) in [5.41, 5.74) is 6.62. The molecule has 1 fully saturated rings. The zero-order chi connectivity index (χ0) is 13.8. The van der Waals surface area contributed by atoms with Crippen molar-refractivity contribution < 1.29 is 9.53 Å². The van der Waals surface area contributed by atoms with E-state index in [-0.39, 0.29) is 24.2 Å². The van der Waals surface area contributed by atoms with Crippen LogP contribution in [0.15, 0.2) is 28.7 Å². The lowest BCUT2D eigenvalue weighted by atomic mass is 10.1. The molecule has 4 nitrogen and oxygen atoms in total. The molecule has 2 rings (SSSR count). The molecule has 1 aromatic carbocycles. The van der Waals surface area contributed by atoms with Crippen LogP contribution in [0, 0.1) is 0 Å². The molecule has 0 bridgehead atoms. The number of benzene rings is 1. The van der Waals surface area contributed by atoms with Gasteiger partial charge in [-0.2, -0.15) is 0 Å². The number of nitrogens with one attached hydrogen (secondary N) is 1. The highest BCUT2D eigenvalue weighted by molar-refractivity contribution is 9.10. The van der Waals surface area contributed by atoms with Crippen LogP contribution in [-0.2, 0) is 9.53 Å². The van der Waals surface area contributed by atoms with E-state index in [1.165, 1.54) is 0 Å². The first-order valence-corrected chi connectivity index (χ1v) is 7.31. The van der Waals surface area contributed by atoms with Gasteiger partial charge in [0.25, 0.3) is 0 Å². The van der Waals surface area contributed by atoms with Crippen molar-refractivity contribution in [1.82, 2.24) is 5.32 Å². The molecular weight excluding hydrogens is 308 g/mol. The Hall–Kier alpha value is -0.910. The largest absolute Gasteiger partial charge is 0.364 e. The summed E-state index contributed by atoms with van der Waals surface area (Å²) in [7, 11) is 0. The zero-order valence-electron chi connectivity index (χ0n) is 10.9. The Labute approximate surface area is 121 Å². The number of carbonyl (C=O) groups excluding carboxylic acids is 1. The molecule has 0 aliphatic carbocycles. The van der Waals surface area contributed by atoms with E-state index in [2.05, 4.69) is 21.2 Å². The Kier molecular flexibility index (Phi) is 4.96. The lowest BCUT2D eigenvalue weighted by Gasteiger charge is -2.18. The Bertz CT molecular complexity index is 436. The van der Waals surface area contributed by atoms with Crippen molar-refractivity contribution >= 4 is 21.8 Å². The van der Waals surface area contributed by atoms with E-state index in [0.717, 1.165) is 22.9 Å². The molecule has 1 heterocycles. The SMILES string of the molecule is CC(NC(=O)[C@@H]1CC[C@H](CN)O1)c1ccc(Br)cc1. The number of nitrogens with two attached hydrogens (primary N) is 1. The average Bonchev–Trinajstić information content (AvgIpc) is 2.88. The summed E-state index contributed by atoms with van der Waals surface area (Å²) in [6, 6.07) is 7.89. The lowest BCUT2D eigenvalue weighted by molar-refractivity contribution is -0.132. The van der Waals surface area contributed by atoms with Crippen molar-refractivity contribution in [2.75, 3.05) is 6.54 Å². The molecule has 0 radical (unpaired) electrons. The minimum atomic E-state index is -0.355. The van der Waals surface area contributed by atoms with Gasteiger partial charge in [0.1, 0.15) is 6.10 Å². The van der Waals surface area contributed by atoms with Crippen LogP contribution >= 0.6 is 15.9 Å². The second kappa shape index (κ2) is 6.50. The standard InChI is InChI=1S/C14H19BrN2O2/c1-9(10-2-4-11(15)5-3-10)17-14(18)13-7-6-12(8-16)19-13/h2-5,9,12-13H,6-8,16H2,1H3,(H,17,18)/t9?,12-,13+/m1/s1. The topological polar surface area (TPSA) is 64.4 Å². The minimum Gasteiger partial charge on any atom is -0.364 e. The van der Waals surface area contributed by atoms with Crippen molar-refractivity contribution in [2.45, 2.75) is 38.0 Å². The van der Waals surface area contributed by atoms with Crippen molar-refractivity contribution in [2.24, 2.45) is 5.73 Å². The molecule has 3 N–H and O–H groups in total. The molecule has 1 unspecified atom stereocenters. The number of halogens is 1. The third-order valence-electron chi connectivity index (χ3n) is 3.39. The maximum atomic E-state index is 12.1. The fraction of sp³-hybridized carbons (Fsp3) is 0.500. The first kappa shape index (κ1) is 14.5. The molecule has 1 amide bonds. The number of hydrogen-bond acceptors (Lipinski definition) is 3. The summed E-state index contributed by atoms with van der Waals surface area (Å²) in [6.45, 7) is 2.45. The van der Waals surface area contributed by atoms with Crippen molar-refractivity contribution in [3.8, 4) is 0 Å². The molecule has 1 aromatic rings. The predicted octanol–water partition coefficient (Wildman–Crippen LogP) is 2.13. The Morgan fingerprint density at radius 2 is 2.16 bits per heavy atom. The van der Waals surface area contributed by atoms with Crippen LogP contribution in [0.25, 0.3) is 0 Å². The van der Waals surface area contributed by atoms with Crippen LogP contribution in [0.4, 0.5) is 0 Å². The molecular formula is C14H19BrN2O2. The van der Waals surface area contributed by atoms with E-state index in [4.69, 9.17) is 10.5 Å². The van der Waals surface area contributed by atoms with Crippen LogP contribution in [0.5, 0.6) is 0 Å². The molecule has 0 saturated carbocycles. The van der Waals surface area contributed by atoms with Gasteiger partial charge in [-0.25, -0.2) is 0 Å². The Morgan fingerprint density at radius 1 is 1.47 bits per heavy atom. The third kappa shape index (κ3) is 3.78. The van der Waals surface area contributed by atoms with Gasteiger partial charge in [-0.3, -0.25) is 4.79 Å². The molecule has 1 aliphatic rings. The van der Waals surface area contributed by atoms with Crippen molar-refractivity contribution in [3.05, 3.63) is 34.3 Å². The molecule has 1 aliphatic heterocycles. The van der Waals surface area contributed by atoms with Gasteiger partial charge >= 0.3 is 0 Å². The van der Waals surface area contributed by atoms with Gasteiger partial charge in [-0.1, -0.05) is 28.1 Å². The van der Waals surface area contributed by atoms with E-state index in [1.807, 2.05) is 31.2 Å². The molecule has 104 valence electrons. The van der Waals surface area contributed by atoms with Gasteiger partial charge in [0, 0.05) is 11.0 Å². The maximum Gasteiger partial charge on any atom is 0.249 e. The van der Waals surface area contributed by atoms with Gasteiger partial charge in [0.2, 0.25) is 5.91 Å². The summed E-state index contributed by atoms with van der Waals surface area (Å²) < 4.78 is 6.61. The summed E-state index contributed by atoms with van der Waals surface area (Å²) in [6.07, 6.45) is 1.28. The molecule has 0 aromatic heterocycles. The third-order valence-corrected chi connectivity index (χ3v) is 3.92. The molecule has 1 saturated heterocycles. The first-order chi connectivity index (χ1) is 9.10. The lowest BCUT2D eigenvalue weighted by Crippen LogP contribution is -2.36. The van der Waals surface area contributed by atoms with Gasteiger partial charge in [0.15, 0.2) is 0 Å². The molecule has 19 heavy (non-hydrogen) atoms. The van der Waals surface area contributed by atoms with Crippen molar-refractivity contribution in [3.63, 3.8) is 0 Å². The van der Waals surface area contributed by atoms with Gasteiger partial charge in [-0.15, -0.1) is 0 Å². The number of rotatable bonds is 4. The van der Waals surface area contributed by atoms with E-state index >= 15 is 0 Å². The van der Waals surface area contributed by atoms with Crippen molar-refractivity contribution in [1.29, 1.82) is 0 Å². The number of ether oxygens (including phenoxy) is 1. The summed E-state index contributed by atoms with van der Waals surface area (Å²) in [5.74, 6) is -0.0497. The monoisotopic (exact) mass is 326 g/mol. The summed E-state index contributed by atoms with van der Waals surface area (Å²) in [4.78, 5) is 12.1. The molecule has 3 atom stereocenters. The van der Waals surface area contributed by atoms with Crippen LogP contribution < -0.4 is 11.1 Å². The molecule has 5 heteroatoms. The predicted molar refractivity (Wildman–Crippen MR) is 77.6 cm³/mol. The summed E-state index contributed by atoms with van der Waals surface area (Å²) >= 11 is 3.39. The zero-order valence-corrected chi connectivity index (χ0v) is 12.5. The number of hydrogen-bond donors (Lipinski definition) is 2. The second-order valence-electron chi connectivity index (χ2n) is 4.84. The fourth-order valence-corrected chi connectivity index (χ4v) is 2.48. The average molecular weight is 327 g/mol. The highest BCUT2D eigenvalue weighted by Crippen LogP contribution is 2.21. The minimum absolute atomic E-state index is 0.0266. The second-order valence-corrected chi connectivity index (χ2v) is 5.76. The van der Waals surface area contributed by atoms with Crippen LogP contribution in [-0.4, -0.2) is 24.7 Å². The number of amides is 1. The quantitative estimate of drug-likeness (QED) is 0.890. The Morgan fingerprint density at radius 3 is 2.74 bits per heavy atom. The maximum absolute atomic E-state index is 12.1. The highest BCUT2D eigenvalue weighted by atomic mass is 79.9. The number of carbonyl (C=O) groups is 1. The van der Waals surface area contributed by atoms with E-state index in [9.17, 15) is 4.79 Å². The molecule has 0 spiro atoms. The smallest absolute Gasteiger partial charge is 0.249 e. The van der Waals surface area contributed by atoms with E-state index in [0.29, 0.717) is 6.54 Å². The van der Waals surface area contributed by atoms with Crippen LogP contribution in [0.2, 0.25) is 0 Å².